The highest BCUT2D eigenvalue weighted by Gasteiger charge is 2.57. The van der Waals surface area contributed by atoms with Crippen LogP contribution >= 0.6 is 0 Å². The number of aryl methyl sites for hydroxylation is 3. The van der Waals surface area contributed by atoms with Crippen LogP contribution in [0.1, 0.15) is 131 Å². The molecule has 0 aromatic heterocycles. The Hall–Kier alpha value is -2.15. The van der Waals surface area contributed by atoms with E-state index in [1.165, 1.54) is 42.9 Å². The first-order valence-corrected chi connectivity index (χ1v) is 16.0. The normalized spacial score (nSPS) is 18.0. The van der Waals surface area contributed by atoms with Crippen LogP contribution in [0.4, 0.5) is 8.78 Å². The summed E-state index contributed by atoms with van der Waals surface area (Å²) in [6.45, 7) is 24.7. The molecule has 1 fully saturated rings. The summed E-state index contributed by atoms with van der Waals surface area (Å²) in [6.07, 6.45) is 18.1. The molecule has 0 bridgehead atoms. The number of nitrogens with zero attached hydrogens (tertiary/aromatic N) is 1. The molecular weight excluding hydrogens is 524 g/mol. The van der Waals surface area contributed by atoms with Crippen molar-refractivity contribution in [3.8, 4) is 12.8 Å². The summed E-state index contributed by atoms with van der Waals surface area (Å²) in [5.74, 6) is -1.41. The van der Waals surface area contributed by atoms with E-state index < -0.39 is 11.3 Å². The Kier molecular flexibility index (Phi) is 16.9. The second-order valence-electron chi connectivity index (χ2n) is 14.1. The number of ether oxygens (including phenoxy) is 1. The summed E-state index contributed by atoms with van der Waals surface area (Å²) in [5.41, 5.74) is 3.37. The maximum absolute atomic E-state index is 14.4. The Morgan fingerprint density at radius 1 is 0.976 bits per heavy atom. The number of hydrogen-bond donors (Lipinski definition) is 0. The van der Waals surface area contributed by atoms with Gasteiger partial charge in [0.2, 0.25) is 0 Å². The molecule has 240 valence electrons. The van der Waals surface area contributed by atoms with E-state index >= 15 is 0 Å². The average molecular weight is 588 g/mol. The molecule has 1 unspecified atom stereocenters. The predicted octanol–water partition coefficient (Wildman–Crippen LogP) is 11.3. The fraction of sp³-hybridized carbons (Fsp3) is 0.711. The molecule has 1 aromatic rings. The monoisotopic (exact) mass is 587 g/mol. The molecule has 0 N–H and O–H groups in total. The minimum atomic E-state index is -2.78. The van der Waals surface area contributed by atoms with Gasteiger partial charge in [-0.05, 0) is 91.4 Å². The third kappa shape index (κ3) is 12.2. The summed E-state index contributed by atoms with van der Waals surface area (Å²) >= 11 is 0. The molecule has 2 nitrogen and oxygen atoms in total. The predicted molar refractivity (Wildman–Crippen MR) is 181 cm³/mol. The van der Waals surface area contributed by atoms with Crippen LogP contribution in [0.25, 0.3) is 0 Å². The Bertz CT molecular complexity index is 986. The largest absolute Gasteiger partial charge is 0.481 e. The van der Waals surface area contributed by atoms with Gasteiger partial charge in [0.15, 0.2) is 5.90 Å². The zero-order valence-electron chi connectivity index (χ0n) is 29.1. The van der Waals surface area contributed by atoms with Crippen LogP contribution in [0.15, 0.2) is 35.3 Å². The number of allylic oxidation sites excluding steroid dienone is 1. The molecule has 0 aliphatic heterocycles. The molecule has 1 aliphatic rings. The smallest absolute Gasteiger partial charge is 0.274 e. The number of unbranched alkanes of at least 4 members (excludes halogenated alkanes) is 1. The lowest BCUT2D eigenvalue weighted by Crippen LogP contribution is -2.50. The van der Waals surface area contributed by atoms with E-state index in [2.05, 4.69) is 98.0 Å². The van der Waals surface area contributed by atoms with E-state index in [1.54, 1.807) is 6.92 Å². The fourth-order valence-electron chi connectivity index (χ4n) is 7.36. The molecule has 1 atom stereocenters. The van der Waals surface area contributed by atoms with Gasteiger partial charge in [-0.2, -0.15) is 0 Å². The third-order valence-electron chi connectivity index (χ3n) is 8.51. The summed E-state index contributed by atoms with van der Waals surface area (Å²) < 4.78 is 34.7. The van der Waals surface area contributed by atoms with Crippen LogP contribution in [0.3, 0.4) is 0 Å². The number of aliphatic imine (C=N–C) groups is 1. The summed E-state index contributed by atoms with van der Waals surface area (Å²) in [4.78, 5) is 4.33. The van der Waals surface area contributed by atoms with Crippen molar-refractivity contribution in [1.82, 2.24) is 0 Å². The van der Waals surface area contributed by atoms with E-state index in [1.807, 2.05) is 7.05 Å². The van der Waals surface area contributed by atoms with Gasteiger partial charge in [-0.15, -0.1) is 12.8 Å². The van der Waals surface area contributed by atoms with Crippen molar-refractivity contribution in [2.45, 2.75) is 139 Å². The zero-order chi connectivity index (χ0) is 32.8. The number of alkyl halides is 2. The molecule has 0 heterocycles. The second-order valence-corrected chi connectivity index (χ2v) is 14.1. The van der Waals surface area contributed by atoms with Gasteiger partial charge in [-0.25, -0.2) is 8.78 Å². The van der Waals surface area contributed by atoms with Crippen LogP contribution in [-0.4, -0.2) is 25.5 Å². The Balaban J connectivity index is 0.000000785. The quantitative estimate of drug-likeness (QED) is 0.0783. The Morgan fingerprint density at radius 2 is 1.52 bits per heavy atom. The molecular formula is C38H63F2NO. The first-order chi connectivity index (χ1) is 19.5. The molecule has 1 aliphatic carbocycles. The van der Waals surface area contributed by atoms with E-state index in [0.717, 1.165) is 44.6 Å². The van der Waals surface area contributed by atoms with E-state index in [-0.39, 0.29) is 16.4 Å². The van der Waals surface area contributed by atoms with E-state index in [4.69, 9.17) is 4.74 Å². The van der Waals surface area contributed by atoms with Crippen molar-refractivity contribution in [3.63, 3.8) is 0 Å². The van der Waals surface area contributed by atoms with Gasteiger partial charge in [0.05, 0.1) is 6.61 Å². The molecule has 4 heteroatoms. The van der Waals surface area contributed by atoms with Gasteiger partial charge in [-0.1, -0.05) is 99.9 Å². The lowest BCUT2D eigenvalue weighted by Gasteiger charge is -2.53. The lowest BCUT2D eigenvalue weighted by atomic mass is 9.53. The van der Waals surface area contributed by atoms with Gasteiger partial charge in [0, 0.05) is 18.4 Å². The van der Waals surface area contributed by atoms with E-state index in [9.17, 15) is 8.78 Å². The van der Waals surface area contributed by atoms with Crippen molar-refractivity contribution in [3.05, 3.63) is 47.0 Å². The third-order valence-corrected chi connectivity index (χ3v) is 8.51. The zero-order valence-corrected chi connectivity index (χ0v) is 29.1. The number of hydrogen-bond acceptors (Lipinski definition) is 2. The van der Waals surface area contributed by atoms with Crippen molar-refractivity contribution >= 4 is 5.90 Å². The highest BCUT2D eigenvalue weighted by Crippen LogP contribution is 2.60. The topological polar surface area (TPSA) is 21.6 Å². The van der Waals surface area contributed by atoms with Gasteiger partial charge < -0.3 is 4.74 Å². The molecule has 42 heavy (non-hydrogen) atoms. The van der Waals surface area contributed by atoms with Crippen LogP contribution < -0.4 is 0 Å². The van der Waals surface area contributed by atoms with Gasteiger partial charge in [0.1, 0.15) is 0 Å². The molecule has 1 aromatic carbocycles. The molecule has 2 rings (SSSR count). The van der Waals surface area contributed by atoms with Crippen LogP contribution in [0.5, 0.6) is 0 Å². The van der Waals surface area contributed by atoms with Gasteiger partial charge in [-0.3, -0.25) is 4.99 Å². The molecule has 0 saturated heterocycles. The minimum Gasteiger partial charge on any atom is -0.481 e. The van der Waals surface area contributed by atoms with Crippen molar-refractivity contribution < 1.29 is 13.5 Å². The SMILES string of the molecule is C#C.C=C(C)C(F)(F)C1(C)CC(C)(C)CC(C)(C)C1.CCCCC(C)C(=NC)OCCCc1ccc(CC)c(CC)c1. The summed E-state index contributed by atoms with van der Waals surface area (Å²) in [6, 6.07) is 6.94. The highest BCUT2D eigenvalue weighted by atomic mass is 19.3. The highest BCUT2D eigenvalue weighted by molar-refractivity contribution is 5.78. The lowest BCUT2D eigenvalue weighted by molar-refractivity contribution is -0.145. The average Bonchev–Trinajstić information content (AvgIpc) is 2.90. The number of rotatable bonds is 12. The van der Waals surface area contributed by atoms with Crippen molar-refractivity contribution in [1.29, 1.82) is 0 Å². The Morgan fingerprint density at radius 3 is 1.98 bits per heavy atom. The molecule has 1 saturated carbocycles. The molecule has 0 amide bonds. The minimum absolute atomic E-state index is 0.00602. The van der Waals surface area contributed by atoms with Crippen LogP contribution in [-0.2, 0) is 24.0 Å². The fourth-order valence-corrected chi connectivity index (χ4v) is 7.36. The first-order valence-electron chi connectivity index (χ1n) is 16.0. The van der Waals surface area contributed by atoms with Crippen molar-refractivity contribution in [2.24, 2.45) is 27.2 Å². The maximum atomic E-state index is 14.4. The summed E-state index contributed by atoms with van der Waals surface area (Å²) in [7, 11) is 1.84. The first kappa shape index (κ1) is 39.8. The maximum Gasteiger partial charge on any atom is 0.274 e. The second kappa shape index (κ2) is 17.8. The standard InChI is InChI=1S/C21H35NO.C15H26F2.C2H2/c1-6-9-11-17(4)21(22-5)23-15-10-12-18-13-14-19(7-2)20(8-3)16-18;1-11(2)15(16,17)14(7)9-12(3,4)8-13(5,6)10-14;1-2/h13-14,16-17H,6-12,15H2,1-5H3;1,8-10H2,2-7H3;1-2H. The number of benzene rings is 1. The Labute approximate surface area is 259 Å². The van der Waals surface area contributed by atoms with Crippen LogP contribution in [0.2, 0.25) is 0 Å². The van der Waals surface area contributed by atoms with Crippen LogP contribution in [0, 0.1) is 35.0 Å². The number of halogens is 2. The molecule has 0 spiro atoms. The number of terminal acetylenes is 1. The van der Waals surface area contributed by atoms with Gasteiger partial charge in [0.25, 0.3) is 5.92 Å². The van der Waals surface area contributed by atoms with Crippen molar-refractivity contribution in [2.75, 3.05) is 13.7 Å². The summed E-state index contributed by atoms with van der Waals surface area (Å²) in [5, 5.41) is 0. The van der Waals surface area contributed by atoms with Gasteiger partial charge >= 0.3 is 0 Å². The molecule has 0 radical (unpaired) electrons. The van der Waals surface area contributed by atoms with E-state index in [0.29, 0.717) is 18.8 Å².